The first kappa shape index (κ1) is 14.8. The van der Waals surface area contributed by atoms with Crippen molar-refractivity contribution < 1.29 is 9.31 Å². The number of aryl methyl sites for hydroxylation is 1. The predicted molar refractivity (Wildman–Crippen MR) is 87.2 cm³/mol. The molecule has 1 aliphatic rings. The standard InChI is InChI=1S/C16H19BClNO2/c1-10-9-13(18)11-7-6-8-12(14(11)19-10)17-20-15(2,3)16(4,5)21-17/h6-9H,1-5H3. The Morgan fingerprint density at radius 3 is 2.33 bits per heavy atom. The Bertz CT molecular complexity index is 699. The molecule has 110 valence electrons. The highest BCUT2D eigenvalue weighted by molar-refractivity contribution is 6.65. The minimum Gasteiger partial charge on any atom is -0.399 e. The highest BCUT2D eigenvalue weighted by Crippen LogP contribution is 2.37. The topological polar surface area (TPSA) is 31.4 Å². The van der Waals surface area contributed by atoms with Crippen molar-refractivity contribution in [3.05, 3.63) is 35.0 Å². The molecule has 2 aromatic rings. The maximum Gasteiger partial charge on any atom is 0.497 e. The van der Waals surface area contributed by atoms with Gasteiger partial charge >= 0.3 is 7.12 Å². The monoisotopic (exact) mass is 303 g/mol. The van der Waals surface area contributed by atoms with Crippen LogP contribution in [0.15, 0.2) is 24.3 Å². The van der Waals surface area contributed by atoms with Gasteiger partial charge in [0.15, 0.2) is 0 Å². The van der Waals surface area contributed by atoms with E-state index in [0.29, 0.717) is 5.02 Å². The van der Waals surface area contributed by atoms with Gasteiger partial charge in [-0.1, -0.05) is 29.8 Å². The van der Waals surface area contributed by atoms with E-state index in [4.69, 9.17) is 20.9 Å². The first-order valence-electron chi connectivity index (χ1n) is 7.13. The van der Waals surface area contributed by atoms with Gasteiger partial charge in [-0.2, -0.15) is 0 Å². The van der Waals surface area contributed by atoms with Gasteiger partial charge < -0.3 is 9.31 Å². The summed E-state index contributed by atoms with van der Waals surface area (Å²) in [6, 6.07) is 7.80. The van der Waals surface area contributed by atoms with E-state index in [2.05, 4.69) is 4.98 Å². The molecule has 0 bridgehead atoms. The third-order valence-electron chi connectivity index (χ3n) is 4.46. The molecule has 0 aliphatic carbocycles. The van der Waals surface area contributed by atoms with Crippen molar-refractivity contribution in [2.24, 2.45) is 0 Å². The van der Waals surface area contributed by atoms with Crippen molar-refractivity contribution in [1.29, 1.82) is 0 Å². The van der Waals surface area contributed by atoms with Crippen molar-refractivity contribution in [2.45, 2.75) is 45.8 Å². The second kappa shape index (κ2) is 4.70. The van der Waals surface area contributed by atoms with Crippen LogP contribution >= 0.6 is 11.6 Å². The molecule has 1 aromatic carbocycles. The van der Waals surface area contributed by atoms with Crippen molar-refractivity contribution in [1.82, 2.24) is 4.98 Å². The predicted octanol–water partition coefficient (Wildman–Crippen LogP) is 3.50. The number of para-hydroxylation sites is 1. The molecule has 1 aliphatic heterocycles. The van der Waals surface area contributed by atoms with Crippen LogP contribution in [0, 0.1) is 6.92 Å². The molecule has 0 atom stereocenters. The maximum absolute atomic E-state index is 6.33. The Kier molecular flexibility index (Phi) is 3.32. The quantitative estimate of drug-likeness (QED) is 0.756. The molecule has 0 amide bonds. The van der Waals surface area contributed by atoms with Crippen molar-refractivity contribution in [3.8, 4) is 0 Å². The van der Waals surface area contributed by atoms with E-state index in [-0.39, 0.29) is 11.2 Å². The highest BCUT2D eigenvalue weighted by Gasteiger charge is 2.52. The molecule has 0 radical (unpaired) electrons. The largest absolute Gasteiger partial charge is 0.497 e. The Balaban J connectivity index is 2.15. The molecule has 3 nitrogen and oxygen atoms in total. The summed E-state index contributed by atoms with van der Waals surface area (Å²) in [4.78, 5) is 4.63. The van der Waals surface area contributed by atoms with E-state index in [0.717, 1.165) is 22.1 Å². The molecule has 0 spiro atoms. The summed E-state index contributed by atoms with van der Waals surface area (Å²) in [5, 5.41) is 1.63. The summed E-state index contributed by atoms with van der Waals surface area (Å²) < 4.78 is 12.3. The van der Waals surface area contributed by atoms with Crippen molar-refractivity contribution in [3.63, 3.8) is 0 Å². The number of fused-ring (bicyclic) bond motifs is 1. The van der Waals surface area contributed by atoms with Crippen LogP contribution in [0.2, 0.25) is 5.02 Å². The van der Waals surface area contributed by atoms with Gasteiger partial charge in [-0.05, 0) is 40.7 Å². The number of benzene rings is 1. The molecule has 1 aromatic heterocycles. The van der Waals surface area contributed by atoms with Crippen LogP contribution in [0.5, 0.6) is 0 Å². The first-order chi connectivity index (χ1) is 9.71. The summed E-state index contributed by atoms with van der Waals surface area (Å²) in [7, 11) is -0.427. The van der Waals surface area contributed by atoms with Gasteiger partial charge in [-0.15, -0.1) is 0 Å². The third-order valence-corrected chi connectivity index (χ3v) is 4.77. The maximum atomic E-state index is 6.33. The summed E-state index contributed by atoms with van der Waals surface area (Å²) in [5.74, 6) is 0. The zero-order chi connectivity index (χ0) is 15.4. The molecule has 0 N–H and O–H groups in total. The third kappa shape index (κ3) is 2.35. The van der Waals surface area contributed by atoms with Crippen LogP contribution in [0.25, 0.3) is 10.9 Å². The molecule has 5 heteroatoms. The van der Waals surface area contributed by atoms with Gasteiger partial charge in [0, 0.05) is 16.5 Å². The number of aromatic nitrogens is 1. The summed E-state index contributed by atoms with van der Waals surface area (Å²) in [6.45, 7) is 10.1. The second-order valence-electron chi connectivity index (χ2n) is 6.58. The Hall–Kier alpha value is -1.10. The van der Waals surface area contributed by atoms with Gasteiger partial charge in [0.2, 0.25) is 0 Å². The zero-order valence-corrected chi connectivity index (χ0v) is 13.8. The fraction of sp³-hybridized carbons (Fsp3) is 0.438. The Morgan fingerprint density at radius 2 is 1.71 bits per heavy atom. The molecule has 1 fully saturated rings. The molecule has 0 saturated carbocycles. The lowest BCUT2D eigenvalue weighted by Crippen LogP contribution is -2.41. The molecular formula is C16H19BClNO2. The van der Waals surface area contributed by atoms with E-state index >= 15 is 0 Å². The average molecular weight is 304 g/mol. The van der Waals surface area contributed by atoms with Gasteiger partial charge in [-0.3, -0.25) is 4.98 Å². The summed E-state index contributed by atoms with van der Waals surface area (Å²) in [5.41, 5.74) is 1.93. The minimum absolute atomic E-state index is 0.368. The van der Waals surface area contributed by atoms with E-state index in [1.807, 2.05) is 58.9 Å². The van der Waals surface area contributed by atoms with Crippen molar-refractivity contribution >= 4 is 35.1 Å². The second-order valence-corrected chi connectivity index (χ2v) is 6.98. The number of hydrogen-bond acceptors (Lipinski definition) is 3. The first-order valence-corrected chi connectivity index (χ1v) is 7.50. The van der Waals surface area contributed by atoms with Gasteiger partial charge in [-0.25, -0.2) is 0 Å². The van der Waals surface area contributed by atoms with E-state index < -0.39 is 7.12 Å². The van der Waals surface area contributed by atoms with Gasteiger partial charge in [0.25, 0.3) is 0 Å². The van der Waals surface area contributed by atoms with Crippen LogP contribution in [-0.2, 0) is 9.31 Å². The fourth-order valence-electron chi connectivity index (χ4n) is 2.51. The fourth-order valence-corrected chi connectivity index (χ4v) is 2.82. The summed E-state index contributed by atoms with van der Waals surface area (Å²) >= 11 is 6.33. The van der Waals surface area contributed by atoms with Gasteiger partial charge in [0.05, 0.1) is 21.7 Å². The van der Waals surface area contributed by atoms with Gasteiger partial charge in [0.1, 0.15) is 0 Å². The Labute approximate surface area is 130 Å². The average Bonchev–Trinajstić information content (AvgIpc) is 2.57. The molecule has 21 heavy (non-hydrogen) atoms. The van der Waals surface area contributed by atoms with Crippen molar-refractivity contribution in [2.75, 3.05) is 0 Å². The lowest BCUT2D eigenvalue weighted by molar-refractivity contribution is 0.00578. The molecule has 2 heterocycles. The van der Waals surface area contributed by atoms with Crippen LogP contribution in [0.1, 0.15) is 33.4 Å². The number of hydrogen-bond donors (Lipinski definition) is 0. The summed E-state index contributed by atoms with van der Waals surface area (Å²) in [6.07, 6.45) is 0. The normalized spacial score (nSPS) is 20.2. The zero-order valence-electron chi connectivity index (χ0n) is 13.0. The lowest BCUT2D eigenvalue weighted by atomic mass is 9.77. The van der Waals surface area contributed by atoms with E-state index in [9.17, 15) is 0 Å². The minimum atomic E-state index is -0.427. The number of pyridine rings is 1. The lowest BCUT2D eigenvalue weighted by Gasteiger charge is -2.32. The highest BCUT2D eigenvalue weighted by atomic mass is 35.5. The van der Waals surface area contributed by atoms with E-state index in [1.54, 1.807) is 0 Å². The molecule has 3 rings (SSSR count). The SMILES string of the molecule is Cc1cc(Cl)c2cccc(B3OC(C)(C)C(C)(C)O3)c2n1. The number of halogens is 1. The molecule has 1 saturated heterocycles. The van der Waals surface area contributed by atoms with E-state index in [1.165, 1.54) is 0 Å². The molecule has 0 unspecified atom stereocenters. The van der Waals surface area contributed by atoms with Crippen LogP contribution in [0.4, 0.5) is 0 Å². The number of nitrogens with zero attached hydrogens (tertiary/aromatic N) is 1. The number of rotatable bonds is 1. The van der Waals surface area contributed by atoms with Crippen LogP contribution in [-0.4, -0.2) is 23.3 Å². The molecular weight excluding hydrogens is 284 g/mol. The van der Waals surface area contributed by atoms with Crippen LogP contribution < -0.4 is 5.46 Å². The Morgan fingerprint density at radius 1 is 1.10 bits per heavy atom. The van der Waals surface area contributed by atoms with Crippen LogP contribution in [0.3, 0.4) is 0 Å². The smallest absolute Gasteiger partial charge is 0.399 e.